The summed E-state index contributed by atoms with van der Waals surface area (Å²) in [6.45, 7) is 1.88. The third-order valence-electron chi connectivity index (χ3n) is 5.11. The van der Waals surface area contributed by atoms with Crippen molar-refractivity contribution in [2.24, 2.45) is 0 Å². The molecule has 3 rings (SSSR count). The number of carbonyl (C=O) groups excluding carboxylic acids is 1. The molecule has 20 heavy (non-hydrogen) atoms. The minimum atomic E-state index is -0.0535. The van der Waals surface area contributed by atoms with E-state index in [0.29, 0.717) is 6.04 Å². The van der Waals surface area contributed by atoms with Crippen LogP contribution in [0.5, 0.6) is 0 Å². The summed E-state index contributed by atoms with van der Waals surface area (Å²) in [5.41, 5.74) is 0.0947. The summed E-state index contributed by atoms with van der Waals surface area (Å²) < 4.78 is 11.1. The molecule has 0 aliphatic carbocycles. The van der Waals surface area contributed by atoms with E-state index in [9.17, 15) is 4.79 Å². The van der Waals surface area contributed by atoms with Gasteiger partial charge in [0.25, 0.3) is 0 Å². The molecular formula is C15H25NO3S. The highest BCUT2D eigenvalue weighted by Gasteiger charge is 2.44. The van der Waals surface area contributed by atoms with Crippen molar-refractivity contribution in [3.8, 4) is 0 Å². The van der Waals surface area contributed by atoms with Gasteiger partial charge in [-0.05, 0) is 56.6 Å². The molecule has 1 spiro atoms. The van der Waals surface area contributed by atoms with Gasteiger partial charge < -0.3 is 9.47 Å². The van der Waals surface area contributed by atoms with Crippen molar-refractivity contribution in [2.75, 3.05) is 31.8 Å². The standard InChI is InChI=1S/C15H25NO3S/c1-18-14(17)13-3-2-7-16(13)12-4-8-19-15(11-12)5-9-20-10-6-15/h12-13H,2-11H2,1H3. The molecule has 0 bridgehead atoms. The Kier molecular flexibility index (Phi) is 4.58. The van der Waals surface area contributed by atoms with Crippen LogP contribution in [-0.2, 0) is 14.3 Å². The van der Waals surface area contributed by atoms with E-state index in [2.05, 4.69) is 4.90 Å². The molecule has 0 radical (unpaired) electrons. The zero-order valence-corrected chi connectivity index (χ0v) is 13.1. The first-order valence-corrected chi connectivity index (χ1v) is 8.95. The number of hydrogen-bond acceptors (Lipinski definition) is 5. The van der Waals surface area contributed by atoms with Crippen LogP contribution in [0.25, 0.3) is 0 Å². The first kappa shape index (κ1) is 14.7. The second-order valence-corrected chi connectivity index (χ2v) is 7.43. The Labute approximate surface area is 125 Å². The van der Waals surface area contributed by atoms with Gasteiger partial charge in [-0.2, -0.15) is 11.8 Å². The quantitative estimate of drug-likeness (QED) is 0.730. The number of likely N-dealkylation sites (tertiary alicyclic amines) is 1. The molecule has 0 amide bonds. The number of rotatable bonds is 2. The van der Waals surface area contributed by atoms with Crippen molar-refractivity contribution in [1.82, 2.24) is 4.90 Å². The van der Waals surface area contributed by atoms with Crippen molar-refractivity contribution in [3.63, 3.8) is 0 Å². The molecular weight excluding hydrogens is 274 g/mol. The Hall–Kier alpha value is -0.260. The summed E-state index contributed by atoms with van der Waals surface area (Å²) in [4.78, 5) is 14.3. The van der Waals surface area contributed by atoms with Gasteiger partial charge >= 0.3 is 5.97 Å². The largest absolute Gasteiger partial charge is 0.468 e. The topological polar surface area (TPSA) is 38.8 Å². The molecule has 0 aromatic carbocycles. The highest BCUT2D eigenvalue weighted by molar-refractivity contribution is 7.99. The lowest BCUT2D eigenvalue weighted by Gasteiger charge is -2.46. The summed E-state index contributed by atoms with van der Waals surface area (Å²) in [6.07, 6.45) is 6.56. The molecule has 3 aliphatic rings. The van der Waals surface area contributed by atoms with Crippen molar-refractivity contribution < 1.29 is 14.3 Å². The maximum Gasteiger partial charge on any atom is 0.323 e. The Balaban J connectivity index is 1.68. The first-order chi connectivity index (χ1) is 9.74. The monoisotopic (exact) mass is 299 g/mol. The van der Waals surface area contributed by atoms with Gasteiger partial charge in [0, 0.05) is 12.6 Å². The van der Waals surface area contributed by atoms with Crippen LogP contribution >= 0.6 is 11.8 Å². The van der Waals surface area contributed by atoms with E-state index in [1.165, 1.54) is 31.5 Å². The van der Waals surface area contributed by atoms with Crippen molar-refractivity contribution in [1.29, 1.82) is 0 Å². The van der Waals surface area contributed by atoms with Crippen LogP contribution in [-0.4, -0.2) is 60.3 Å². The summed E-state index contributed by atoms with van der Waals surface area (Å²) in [5, 5.41) is 0. The van der Waals surface area contributed by atoms with Crippen LogP contribution in [0.2, 0.25) is 0 Å². The molecule has 4 nitrogen and oxygen atoms in total. The van der Waals surface area contributed by atoms with Gasteiger partial charge in [-0.1, -0.05) is 0 Å². The van der Waals surface area contributed by atoms with Crippen molar-refractivity contribution in [3.05, 3.63) is 0 Å². The molecule has 0 aromatic heterocycles. The Bertz CT molecular complexity index is 352. The van der Waals surface area contributed by atoms with Gasteiger partial charge in [-0.15, -0.1) is 0 Å². The van der Waals surface area contributed by atoms with Crippen molar-refractivity contribution >= 4 is 17.7 Å². The van der Waals surface area contributed by atoms with Gasteiger partial charge in [0.1, 0.15) is 6.04 Å². The lowest BCUT2D eigenvalue weighted by Crippen LogP contribution is -2.52. The predicted molar refractivity (Wildman–Crippen MR) is 80.0 cm³/mol. The fraction of sp³-hybridized carbons (Fsp3) is 0.933. The summed E-state index contributed by atoms with van der Waals surface area (Å²) in [6, 6.07) is 0.483. The van der Waals surface area contributed by atoms with Crippen LogP contribution in [0.4, 0.5) is 0 Å². The smallest absolute Gasteiger partial charge is 0.323 e. The number of carbonyl (C=O) groups is 1. The second kappa shape index (κ2) is 6.24. The van der Waals surface area contributed by atoms with Crippen molar-refractivity contribution in [2.45, 2.75) is 56.2 Å². The molecule has 3 heterocycles. The maximum atomic E-state index is 11.9. The molecule has 3 aliphatic heterocycles. The van der Waals surface area contributed by atoms with Gasteiger partial charge in [0.2, 0.25) is 0 Å². The van der Waals surface area contributed by atoms with E-state index < -0.39 is 0 Å². The molecule has 2 atom stereocenters. The van der Waals surface area contributed by atoms with Gasteiger partial charge in [-0.3, -0.25) is 9.69 Å². The fourth-order valence-electron chi connectivity index (χ4n) is 3.99. The second-order valence-electron chi connectivity index (χ2n) is 6.21. The van der Waals surface area contributed by atoms with E-state index >= 15 is 0 Å². The maximum absolute atomic E-state index is 11.9. The van der Waals surface area contributed by atoms with Crippen LogP contribution < -0.4 is 0 Å². The zero-order chi connectivity index (χ0) is 14.0. The van der Waals surface area contributed by atoms with E-state index in [-0.39, 0.29) is 17.6 Å². The number of ether oxygens (including phenoxy) is 2. The third-order valence-corrected chi connectivity index (χ3v) is 6.09. The SMILES string of the molecule is COC(=O)C1CCCN1C1CCOC2(CCSCC2)C1. The van der Waals surface area contributed by atoms with E-state index in [1.54, 1.807) is 0 Å². The number of esters is 1. The fourth-order valence-corrected chi connectivity index (χ4v) is 5.23. The normalized spacial score (nSPS) is 34.2. The number of thioether (sulfide) groups is 1. The average Bonchev–Trinajstić information content (AvgIpc) is 2.97. The van der Waals surface area contributed by atoms with Gasteiger partial charge in [0.05, 0.1) is 12.7 Å². The summed E-state index contributed by atoms with van der Waals surface area (Å²) in [7, 11) is 1.50. The Morgan fingerprint density at radius 2 is 2.15 bits per heavy atom. The summed E-state index contributed by atoms with van der Waals surface area (Å²) >= 11 is 2.04. The van der Waals surface area contributed by atoms with Crippen LogP contribution in [0.3, 0.4) is 0 Å². The first-order valence-electron chi connectivity index (χ1n) is 7.79. The van der Waals surface area contributed by atoms with Gasteiger partial charge in [0.15, 0.2) is 0 Å². The van der Waals surface area contributed by atoms with Crippen LogP contribution in [0, 0.1) is 0 Å². The molecule has 5 heteroatoms. The molecule has 2 unspecified atom stereocenters. The zero-order valence-electron chi connectivity index (χ0n) is 12.3. The lowest BCUT2D eigenvalue weighted by molar-refractivity contribution is -0.150. The third kappa shape index (κ3) is 2.85. The van der Waals surface area contributed by atoms with E-state index in [1.807, 2.05) is 11.8 Å². The predicted octanol–water partition coefficient (Wildman–Crippen LogP) is 2.07. The van der Waals surface area contributed by atoms with Crippen LogP contribution in [0.1, 0.15) is 38.5 Å². The minimum Gasteiger partial charge on any atom is -0.468 e. The number of nitrogens with zero attached hydrogens (tertiary/aromatic N) is 1. The van der Waals surface area contributed by atoms with Crippen LogP contribution in [0.15, 0.2) is 0 Å². The molecule has 0 saturated carbocycles. The van der Waals surface area contributed by atoms with E-state index in [4.69, 9.17) is 9.47 Å². The lowest BCUT2D eigenvalue weighted by atomic mass is 9.84. The minimum absolute atomic E-state index is 0.0156. The highest BCUT2D eigenvalue weighted by Crippen LogP contribution is 2.40. The molecule has 3 fully saturated rings. The molecule has 3 saturated heterocycles. The average molecular weight is 299 g/mol. The molecule has 0 aromatic rings. The Morgan fingerprint density at radius 3 is 2.90 bits per heavy atom. The number of hydrogen-bond donors (Lipinski definition) is 0. The van der Waals surface area contributed by atoms with E-state index in [0.717, 1.165) is 38.8 Å². The Morgan fingerprint density at radius 1 is 1.35 bits per heavy atom. The highest BCUT2D eigenvalue weighted by atomic mass is 32.2. The molecule has 114 valence electrons. The summed E-state index contributed by atoms with van der Waals surface area (Å²) in [5.74, 6) is 2.38. The molecule has 0 N–H and O–H groups in total. The number of methoxy groups -OCH3 is 1. The van der Waals surface area contributed by atoms with Gasteiger partial charge in [-0.25, -0.2) is 0 Å².